The lowest BCUT2D eigenvalue weighted by Crippen LogP contribution is -2.42. The van der Waals surface area contributed by atoms with Crippen LogP contribution in [0.25, 0.3) is 6.08 Å². The van der Waals surface area contributed by atoms with Crippen molar-refractivity contribution in [2.45, 2.75) is 6.92 Å². The Morgan fingerprint density at radius 3 is 2.48 bits per heavy atom. The molecule has 0 unspecified atom stereocenters. The number of nitrogens with one attached hydrogen (secondary N) is 2. The number of hydrogen-bond donors (Lipinski definition) is 3. The van der Waals surface area contributed by atoms with Gasteiger partial charge < -0.3 is 10.6 Å². The molecule has 0 bridgehead atoms. The SMILES string of the molecule is Cc1cccc(N(N)CCNC(=O)C(=O)Nc2ccc(C(=O)/C=C/c3ccccn3)cc2)n1. The maximum Gasteiger partial charge on any atom is 0.313 e. The first-order valence-corrected chi connectivity index (χ1v) is 10.2. The summed E-state index contributed by atoms with van der Waals surface area (Å²) in [5, 5.41) is 6.40. The summed E-state index contributed by atoms with van der Waals surface area (Å²) in [6, 6.07) is 17.1. The lowest BCUT2D eigenvalue weighted by atomic mass is 10.1. The first kappa shape index (κ1) is 23.3. The molecule has 2 heterocycles. The highest BCUT2D eigenvalue weighted by atomic mass is 16.2. The molecule has 0 fully saturated rings. The second kappa shape index (κ2) is 11.3. The van der Waals surface area contributed by atoms with Gasteiger partial charge in [0, 0.05) is 29.7 Å². The van der Waals surface area contributed by atoms with Crippen LogP contribution in [0, 0.1) is 6.92 Å². The maximum atomic E-state index is 12.3. The van der Waals surface area contributed by atoms with Crippen LogP contribution in [0.1, 0.15) is 21.7 Å². The Bertz CT molecular complexity index is 1150. The average molecular weight is 444 g/mol. The van der Waals surface area contributed by atoms with Gasteiger partial charge in [0.15, 0.2) is 5.78 Å². The van der Waals surface area contributed by atoms with E-state index in [1.54, 1.807) is 54.7 Å². The monoisotopic (exact) mass is 444 g/mol. The zero-order valence-corrected chi connectivity index (χ0v) is 18.1. The second-order valence-corrected chi connectivity index (χ2v) is 7.07. The fraction of sp³-hybridized carbons (Fsp3) is 0.125. The van der Waals surface area contributed by atoms with Crippen LogP contribution >= 0.6 is 0 Å². The molecule has 1 aromatic carbocycles. The number of nitrogens with zero attached hydrogens (tertiary/aromatic N) is 3. The molecule has 9 nitrogen and oxygen atoms in total. The third-order valence-corrected chi connectivity index (χ3v) is 4.53. The van der Waals surface area contributed by atoms with Crippen molar-refractivity contribution in [1.29, 1.82) is 0 Å². The van der Waals surface area contributed by atoms with E-state index in [1.165, 1.54) is 11.1 Å². The molecule has 0 saturated carbocycles. The van der Waals surface area contributed by atoms with Crippen LogP contribution in [0.2, 0.25) is 0 Å². The molecule has 2 aromatic heterocycles. The van der Waals surface area contributed by atoms with Crippen molar-refractivity contribution >= 4 is 35.2 Å². The highest BCUT2D eigenvalue weighted by Crippen LogP contribution is 2.11. The first-order valence-electron chi connectivity index (χ1n) is 10.2. The number of allylic oxidation sites excluding steroid dienone is 1. The van der Waals surface area contributed by atoms with Crippen LogP contribution in [0.15, 0.2) is 72.9 Å². The number of ketones is 1. The molecule has 0 aliphatic heterocycles. The summed E-state index contributed by atoms with van der Waals surface area (Å²) in [6.07, 6.45) is 4.70. The van der Waals surface area contributed by atoms with Crippen molar-refractivity contribution in [2.24, 2.45) is 5.84 Å². The number of rotatable bonds is 8. The molecule has 3 aromatic rings. The van der Waals surface area contributed by atoms with E-state index in [0.717, 1.165) is 5.69 Å². The number of hydrogen-bond acceptors (Lipinski definition) is 7. The molecule has 0 aliphatic rings. The third kappa shape index (κ3) is 7.08. The van der Waals surface area contributed by atoms with Crippen LogP contribution in [-0.4, -0.2) is 40.7 Å². The van der Waals surface area contributed by atoms with Crippen molar-refractivity contribution in [1.82, 2.24) is 15.3 Å². The number of hydrazine groups is 1. The number of anilines is 2. The van der Waals surface area contributed by atoms with Gasteiger partial charge in [-0.15, -0.1) is 0 Å². The quantitative estimate of drug-likeness (QED) is 0.159. The Morgan fingerprint density at radius 1 is 1.00 bits per heavy atom. The molecule has 168 valence electrons. The number of carbonyl (C=O) groups excluding carboxylic acids is 3. The van der Waals surface area contributed by atoms with Gasteiger partial charge in [-0.2, -0.15) is 0 Å². The lowest BCUT2D eigenvalue weighted by Gasteiger charge is -2.18. The van der Waals surface area contributed by atoms with E-state index in [-0.39, 0.29) is 18.9 Å². The number of pyridine rings is 2. The number of carbonyl (C=O) groups is 3. The van der Waals surface area contributed by atoms with Gasteiger partial charge in [-0.05, 0) is 67.6 Å². The maximum absolute atomic E-state index is 12.3. The topological polar surface area (TPSA) is 130 Å². The Morgan fingerprint density at radius 2 is 1.79 bits per heavy atom. The fourth-order valence-corrected chi connectivity index (χ4v) is 2.81. The summed E-state index contributed by atoms with van der Waals surface area (Å²) in [4.78, 5) is 44.8. The molecule has 33 heavy (non-hydrogen) atoms. The predicted octanol–water partition coefficient (Wildman–Crippen LogP) is 2.12. The zero-order valence-electron chi connectivity index (χ0n) is 18.1. The van der Waals surface area contributed by atoms with Crippen LogP contribution in [-0.2, 0) is 9.59 Å². The summed E-state index contributed by atoms with van der Waals surface area (Å²) in [6.45, 7) is 2.29. The Kier molecular flexibility index (Phi) is 7.98. The van der Waals surface area contributed by atoms with E-state index in [1.807, 2.05) is 25.1 Å². The minimum atomic E-state index is -0.818. The molecule has 2 amide bonds. The van der Waals surface area contributed by atoms with Gasteiger partial charge in [-0.25, -0.2) is 10.8 Å². The van der Waals surface area contributed by atoms with Crippen molar-refractivity contribution in [2.75, 3.05) is 23.4 Å². The molecule has 0 atom stereocenters. The van der Waals surface area contributed by atoms with E-state index in [2.05, 4.69) is 20.6 Å². The van der Waals surface area contributed by atoms with Crippen molar-refractivity contribution < 1.29 is 14.4 Å². The van der Waals surface area contributed by atoms with Gasteiger partial charge in [-0.3, -0.25) is 24.4 Å². The minimum absolute atomic E-state index is 0.161. The molecule has 9 heteroatoms. The zero-order chi connectivity index (χ0) is 23.6. The Labute approximate surface area is 191 Å². The Balaban J connectivity index is 1.46. The largest absolute Gasteiger partial charge is 0.346 e. The van der Waals surface area contributed by atoms with Crippen molar-refractivity contribution in [3.05, 3.63) is 89.9 Å². The number of nitrogens with two attached hydrogens (primary N) is 1. The van der Waals surface area contributed by atoms with Crippen LogP contribution in [0.5, 0.6) is 0 Å². The smallest absolute Gasteiger partial charge is 0.313 e. The average Bonchev–Trinajstić information content (AvgIpc) is 2.83. The van der Waals surface area contributed by atoms with Crippen LogP contribution in [0.4, 0.5) is 11.5 Å². The van der Waals surface area contributed by atoms with E-state index >= 15 is 0 Å². The highest BCUT2D eigenvalue weighted by Gasteiger charge is 2.14. The van der Waals surface area contributed by atoms with E-state index in [0.29, 0.717) is 22.8 Å². The molecule has 3 rings (SSSR count). The number of amides is 2. The predicted molar refractivity (Wildman–Crippen MR) is 126 cm³/mol. The minimum Gasteiger partial charge on any atom is -0.346 e. The first-order chi connectivity index (χ1) is 15.9. The fourth-order valence-electron chi connectivity index (χ4n) is 2.81. The number of benzene rings is 1. The number of aromatic nitrogens is 2. The van der Waals surface area contributed by atoms with Crippen molar-refractivity contribution in [3.63, 3.8) is 0 Å². The van der Waals surface area contributed by atoms with Gasteiger partial charge in [0.25, 0.3) is 0 Å². The molecular formula is C24H24N6O3. The molecule has 0 spiro atoms. The Hall–Kier alpha value is -4.37. The van der Waals surface area contributed by atoms with Crippen LogP contribution in [0.3, 0.4) is 0 Å². The number of aryl methyl sites for hydroxylation is 1. The van der Waals surface area contributed by atoms with Crippen LogP contribution < -0.4 is 21.5 Å². The third-order valence-electron chi connectivity index (χ3n) is 4.53. The summed E-state index contributed by atoms with van der Waals surface area (Å²) >= 11 is 0. The van der Waals surface area contributed by atoms with E-state index in [4.69, 9.17) is 5.84 Å². The summed E-state index contributed by atoms with van der Waals surface area (Å²) in [5.74, 6) is 4.68. The van der Waals surface area contributed by atoms with Gasteiger partial charge in [0.1, 0.15) is 5.82 Å². The van der Waals surface area contributed by atoms with E-state index in [9.17, 15) is 14.4 Å². The lowest BCUT2D eigenvalue weighted by molar-refractivity contribution is -0.136. The summed E-state index contributed by atoms with van der Waals surface area (Å²) < 4.78 is 0. The summed E-state index contributed by atoms with van der Waals surface area (Å²) in [5.41, 5.74) is 2.33. The molecule has 4 N–H and O–H groups in total. The molecular weight excluding hydrogens is 420 g/mol. The second-order valence-electron chi connectivity index (χ2n) is 7.07. The van der Waals surface area contributed by atoms with Gasteiger partial charge in [-0.1, -0.05) is 12.1 Å². The molecule has 0 saturated heterocycles. The van der Waals surface area contributed by atoms with Gasteiger partial charge >= 0.3 is 11.8 Å². The molecule has 0 aliphatic carbocycles. The van der Waals surface area contributed by atoms with Crippen molar-refractivity contribution in [3.8, 4) is 0 Å². The summed E-state index contributed by atoms with van der Waals surface area (Å²) in [7, 11) is 0. The normalized spacial score (nSPS) is 10.6. The van der Waals surface area contributed by atoms with Gasteiger partial charge in [0.05, 0.1) is 12.2 Å². The highest BCUT2D eigenvalue weighted by molar-refractivity contribution is 6.39. The molecule has 0 radical (unpaired) electrons. The van der Waals surface area contributed by atoms with Gasteiger partial charge in [0.2, 0.25) is 0 Å². The standard InChI is InChI=1S/C24H24N6O3/c1-17-5-4-7-22(28-17)30(25)16-15-27-23(32)24(33)29-20-10-8-18(9-11-20)21(31)13-12-19-6-2-3-14-26-19/h2-14H,15-16,25H2,1H3,(H,27,32)(H,29,33)/b13-12+. The van der Waals surface area contributed by atoms with E-state index < -0.39 is 11.8 Å².